The molecule has 0 atom stereocenters. The van der Waals surface area contributed by atoms with Crippen molar-refractivity contribution in [1.29, 1.82) is 0 Å². The van der Waals surface area contributed by atoms with Crippen LogP contribution in [0.15, 0.2) is 47.1 Å². The number of carbonyl (C=O) groups is 3. The third-order valence-electron chi connectivity index (χ3n) is 3.88. The number of rotatable bonds is 3. The Morgan fingerprint density at radius 1 is 1.23 bits per heavy atom. The summed E-state index contributed by atoms with van der Waals surface area (Å²) in [6.45, 7) is 1.15. The molecule has 3 rings (SSSR count). The van der Waals surface area contributed by atoms with E-state index in [1.807, 2.05) is 0 Å². The van der Waals surface area contributed by atoms with Gasteiger partial charge in [-0.1, -0.05) is 23.8 Å². The van der Waals surface area contributed by atoms with Crippen LogP contribution < -0.4 is 5.59 Å². The number of thioether (sulfide) groups is 1. The molecule has 0 unspecified atom stereocenters. The summed E-state index contributed by atoms with van der Waals surface area (Å²) in [7, 11) is 1.56. The van der Waals surface area contributed by atoms with Crippen molar-refractivity contribution in [2.45, 2.75) is 0 Å². The lowest BCUT2D eigenvalue weighted by atomic mass is 10.2. The number of nitrogens with one attached hydrogen (secondary N) is 1. The standard InChI is InChI=1S/C17H18N4O4S/c1-20-14(17(24)25-19-20)11-13(16(23)21-7-9-26-10-8-21)18-15(22)12-5-3-2-4-6-12/h2-6,11,19H,7-10H2,1H3/b14-11+,18-13?. The number of hydrogen-bond acceptors (Lipinski definition) is 7. The van der Waals surface area contributed by atoms with E-state index in [1.165, 1.54) is 11.1 Å². The Morgan fingerprint density at radius 3 is 2.54 bits per heavy atom. The van der Waals surface area contributed by atoms with E-state index in [-0.39, 0.29) is 17.3 Å². The molecule has 0 radical (unpaired) electrons. The SMILES string of the molecule is CN1NOC(=O)/C1=C\C(=NC(=O)c1ccccc1)C(=O)N1CCSCC1. The highest BCUT2D eigenvalue weighted by Gasteiger charge is 2.28. The Hall–Kier alpha value is -2.65. The summed E-state index contributed by atoms with van der Waals surface area (Å²) in [6.07, 6.45) is 1.28. The average Bonchev–Trinajstić information content (AvgIpc) is 3.00. The van der Waals surface area contributed by atoms with Crippen LogP contribution in [0, 0.1) is 0 Å². The van der Waals surface area contributed by atoms with Crippen LogP contribution in [-0.2, 0) is 14.4 Å². The number of benzene rings is 1. The Bertz CT molecular complexity index is 772. The fourth-order valence-electron chi connectivity index (χ4n) is 2.46. The zero-order chi connectivity index (χ0) is 18.5. The van der Waals surface area contributed by atoms with Crippen LogP contribution in [0.5, 0.6) is 0 Å². The molecular formula is C17H18N4O4S. The van der Waals surface area contributed by atoms with Gasteiger partial charge in [-0.05, 0) is 12.1 Å². The second kappa shape index (κ2) is 8.15. The van der Waals surface area contributed by atoms with Crippen LogP contribution in [0.4, 0.5) is 0 Å². The molecule has 0 bridgehead atoms. The van der Waals surface area contributed by atoms with Gasteiger partial charge in [0.2, 0.25) is 0 Å². The van der Waals surface area contributed by atoms with Gasteiger partial charge < -0.3 is 9.74 Å². The summed E-state index contributed by atoms with van der Waals surface area (Å²) >= 11 is 1.76. The highest BCUT2D eigenvalue weighted by Crippen LogP contribution is 2.13. The smallest absolute Gasteiger partial charge is 0.345 e. The molecule has 26 heavy (non-hydrogen) atoms. The van der Waals surface area contributed by atoms with Gasteiger partial charge in [0.15, 0.2) is 0 Å². The minimum Gasteiger partial charge on any atom is -0.345 e. The van der Waals surface area contributed by atoms with E-state index >= 15 is 0 Å². The van der Waals surface area contributed by atoms with Crippen molar-refractivity contribution >= 4 is 35.3 Å². The van der Waals surface area contributed by atoms with E-state index in [1.54, 1.807) is 54.0 Å². The molecule has 2 aliphatic rings. The van der Waals surface area contributed by atoms with Crippen molar-refractivity contribution in [3.63, 3.8) is 0 Å². The van der Waals surface area contributed by atoms with Gasteiger partial charge in [-0.2, -0.15) is 11.8 Å². The van der Waals surface area contributed by atoms with Gasteiger partial charge in [-0.15, -0.1) is 0 Å². The fourth-order valence-corrected chi connectivity index (χ4v) is 3.36. The number of carbonyl (C=O) groups excluding carboxylic acids is 3. The van der Waals surface area contributed by atoms with Crippen molar-refractivity contribution in [3.8, 4) is 0 Å². The molecule has 0 aromatic heterocycles. The summed E-state index contributed by atoms with van der Waals surface area (Å²) in [5.41, 5.74) is 2.75. The maximum absolute atomic E-state index is 12.9. The highest BCUT2D eigenvalue weighted by atomic mass is 32.2. The first-order chi connectivity index (χ1) is 12.6. The van der Waals surface area contributed by atoms with Gasteiger partial charge in [-0.3, -0.25) is 14.6 Å². The Kier molecular flexibility index (Phi) is 5.69. The molecule has 2 fully saturated rings. The highest BCUT2D eigenvalue weighted by molar-refractivity contribution is 7.99. The van der Waals surface area contributed by atoms with Crippen molar-refractivity contribution in [2.75, 3.05) is 31.6 Å². The third-order valence-corrected chi connectivity index (χ3v) is 4.82. The number of likely N-dealkylation sites (N-methyl/N-ethyl adjacent to an activating group) is 1. The van der Waals surface area contributed by atoms with Crippen molar-refractivity contribution in [2.24, 2.45) is 4.99 Å². The van der Waals surface area contributed by atoms with Gasteiger partial charge >= 0.3 is 5.97 Å². The Labute approximate surface area is 154 Å². The molecule has 1 N–H and O–H groups in total. The molecule has 8 nitrogen and oxygen atoms in total. The van der Waals surface area contributed by atoms with Crippen LogP contribution in [0.25, 0.3) is 0 Å². The Balaban J connectivity index is 1.94. The molecule has 1 aromatic carbocycles. The summed E-state index contributed by atoms with van der Waals surface area (Å²) in [5.74, 6) is 0.0842. The molecule has 1 aromatic rings. The van der Waals surface area contributed by atoms with E-state index in [0.717, 1.165) is 11.5 Å². The molecule has 0 saturated carbocycles. The minimum atomic E-state index is -0.644. The summed E-state index contributed by atoms with van der Waals surface area (Å²) in [6, 6.07) is 8.47. The zero-order valence-corrected chi connectivity index (χ0v) is 15.0. The maximum atomic E-state index is 12.9. The minimum absolute atomic E-state index is 0.0896. The predicted molar refractivity (Wildman–Crippen MR) is 97.2 cm³/mol. The average molecular weight is 374 g/mol. The van der Waals surface area contributed by atoms with Crippen LogP contribution in [-0.4, -0.2) is 65.0 Å². The monoisotopic (exact) mass is 374 g/mol. The molecule has 0 spiro atoms. The first-order valence-electron chi connectivity index (χ1n) is 8.03. The largest absolute Gasteiger partial charge is 0.376 e. The molecule has 136 valence electrons. The number of hydrazine groups is 1. The first kappa shape index (κ1) is 18.2. The van der Waals surface area contributed by atoms with Crippen LogP contribution in [0.3, 0.4) is 0 Å². The number of hydrogen-bond donors (Lipinski definition) is 1. The summed E-state index contributed by atoms with van der Waals surface area (Å²) in [4.78, 5) is 47.4. The van der Waals surface area contributed by atoms with Crippen molar-refractivity contribution < 1.29 is 19.2 Å². The molecule has 2 heterocycles. The zero-order valence-electron chi connectivity index (χ0n) is 14.2. The van der Waals surface area contributed by atoms with Crippen LogP contribution in [0.2, 0.25) is 0 Å². The third kappa shape index (κ3) is 4.12. The number of nitrogens with zero attached hydrogens (tertiary/aromatic N) is 3. The van der Waals surface area contributed by atoms with Gasteiger partial charge in [-0.25, -0.2) is 9.79 Å². The van der Waals surface area contributed by atoms with E-state index in [9.17, 15) is 14.4 Å². The molecule has 2 amide bonds. The lowest BCUT2D eigenvalue weighted by Gasteiger charge is -2.26. The molecule has 0 aliphatic carbocycles. The number of aliphatic imine (C=N–C) groups is 1. The predicted octanol–water partition coefficient (Wildman–Crippen LogP) is 0.635. The first-order valence-corrected chi connectivity index (χ1v) is 9.19. The lowest BCUT2D eigenvalue weighted by molar-refractivity contribution is -0.142. The van der Waals surface area contributed by atoms with Gasteiger partial charge in [0.1, 0.15) is 11.4 Å². The molecule has 9 heteroatoms. The van der Waals surface area contributed by atoms with E-state index in [4.69, 9.17) is 4.84 Å². The van der Waals surface area contributed by atoms with E-state index in [2.05, 4.69) is 10.6 Å². The Morgan fingerprint density at radius 2 is 1.92 bits per heavy atom. The topological polar surface area (TPSA) is 91.3 Å². The van der Waals surface area contributed by atoms with Crippen LogP contribution in [0.1, 0.15) is 10.4 Å². The molecular weight excluding hydrogens is 356 g/mol. The van der Waals surface area contributed by atoms with Gasteiger partial charge in [0.05, 0.1) is 0 Å². The summed E-state index contributed by atoms with van der Waals surface area (Å²) in [5, 5.41) is 1.32. The van der Waals surface area contributed by atoms with Gasteiger partial charge in [0, 0.05) is 43.3 Å². The maximum Gasteiger partial charge on any atom is 0.376 e. The van der Waals surface area contributed by atoms with E-state index in [0.29, 0.717) is 18.7 Å². The van der Waals surface area contributed by atoms with Gasteiger partial charge in [0.25, 0.3) is 11.8 Å². The van der Waals surface area contributed by atoms with E-state index < -0.39 is 11.9 Å². The van der Waals surface area contributed by atoms with Crippen molar-refractivity contribution in [1.82, 2.24) is 15.5 Å². The molecule has 2 saturated heterocycles. The molecule has 2 aliphatic heterocycles. The normalized spacial score (nSPS) is 19.7. The second-order valence-electron chi connectivity index (χ2n) is 5.64. The fraction of sp³-hybridized carbons (Fsp3) is 0.294. The second-order valence-corrected chi connectivity index (χ2v) is 6.87. The lowest BCUT2D eigenvalue weighted by Crippen LogP contribution is -2.42. The number of amides is 2. The summed E-state index contributed by atoms with van der Waals surface area (Å²) < 4.78 is 0. The quantitative estimate of drug-likeness (QED) is 0.613. The van der Waals surface area contributed by atoms with Crippen molar-refractivity contribution in [3.05, 3.63) is 47.7 Å². The van der Waals surface area contributed by atoms with Crippen LogP contribution >= 0.6 is 11.8 Å².